The van der Waals surface area contributed by atoms with Crippen LogP contribution in [0.3, 0.4) is 0 Å². The number of hydrogen-bond donors (Lipinski definition) is 1. The van der Waals surface area contributed by atoms with Gasteiger partial charge in [-0.1, -0.05) is 30.3 Å². The molecular weight excluding hydrogens is 252 g/mol. The van der Waals surface area contributed by atoms with E-state index in [2.05, 4.69) is 35.2 Å². The van der Waals surface area contributed by atoms with Crippen molar-refractivity contribution >= 4 is 5.97 Å². The molecule has 2 rings (SSSR count). The maximum atomic E-state index is 10.7. The minimum absolute atomic E-state index is 0.178. The summed E-state index contributed by atoms with van der Waals surface area (Å²) in [5.41, 5.74) is 1.40. The number of carboxylic acids is 1. The fourth-order valence-corrected chi connectivity index (χ4v) is 2.75. The zero-order valence-corrected chi connectivity index (χ0v) is 12.0. The van der Waals surface area contributed by atoms with Crippen molar-refractivity contribution in [2.75, 3.05) is 39.3 Å². The first-order chi connectivity index (χ1) is 9.74. The maximum absolute atomic E-state index is 10.7. The van der Waals surface area contributed by atoms with Gasteiger partial charge >= 0.3 is 5.97 Å². The van der Waals surface area contributed by atoms with Crippen LogP contribution in [0.4, 0.5) is 0 Å². The lowest BCUT2D eigenvalue weighted by Crippen LogP contribution is -2.34. The van der Waals surface area contributed by atoms with Crippen molar-refractivity contribution in [3.8, 4) is 0 Å². The Kier molecular flexibility index (Phi) is 6.02. The molecule has 0 amide bonds. The molecule has 0 atom stereocenters. The van der Waals surface area contributed by atoms with Crippen molar-refractivity contribution in [2.45, 2.75) is 19.3 Å². The van der Waals surface area contributed by atoms with Crippen LogP contribution in [0, 0.1) is 0 Å². The van der Waals surface area contributed by atoms with E-state index in [-0.39, 0.29) is 6.54 Å². The second kappa shape index (κ2) is 8.02. The third-order valence-corrected chi connectivity index (χ3v) is 3.82. The molecule has 1 saturated heterocycles. The van der Waals surface area contributed by atoms with Crippen molar-refractivity contribution in [3.63, 3.8) is 0 Å². The number of hydrogen-bond acceptors (Lipinski definition) is 3. The smallest absolute Gasteiger partial charge is 0.317 e. The number of aliphatic carboxylic acids is 1. The summed E-state index contributed by atoms with van der Waals surface area (Å²) in [5, 5.41) is 8.84. The maximum Gasteiger partial charge on any atom is 0.317 e. The molecule has 1 fully saturated rings. The fourth-order valence-electron chi connectivity index (χ4n) is 2.75. The minimum Gasteiger partial charge on any atom is -0.480 e. The largest absolute Gasteiger partial charge is 0.480 e. The summed E-state index contributed by atoms with van der Waals surface area (Å²) in [6.07, 6.45) is 3.36. The van der Waals surface area contributed by atoms with Crippen molar-refractivity contribution in [1.29, 1.82) is 0 Å². The number of aryl methyl sites for hydroxylation is 1. The number of carboxylic acid groups (broad SMARTS) is 1. The molecule has 1 N–H and O–H groups in total. The highest BCUT2D eigenvalue weighted by Gasteiger charge is 2.16. The first-order valence-corrected chi connectivity index (χ1v) is 7.44. The van der Waals surface area contributed by atoms with E-state index >= 15 is 0 Å². The van der Waals surface area contributed by atoms with E-state index in [4.69, 9.17) is 5.11 Å². The van der Waals surface area contributed by atoms with E-state index in [1.54, 1.807) is 0 Å². The van der Waals surface area contributed by atoms with Gasteiger partial charge < -0.3 is 10.0 Å². The minimum atomic E-state index is -0.720. The number of nitrogens with zero attached hydrogens (tertiary/aromatic N) is 2. The lowest BCUT2D eigenvalue weighted by Gasteiger charge is -2.20. The third-order valence-electron chi connectivity index (χ3n) is 3.82. The highest BCUT2D eigenvalue weighted by Crippen LogP contribution is 2.07. The number of carbonyl (C=O) groups is 1. The lowest BCUT2D eigenvalue weighted by atomic mass is 10.1. The average molecular weight is 276 g/mol. The van der Waals surface area contributed by atoms with Gasteiger partial charge in [0.25, 0.3) is 0 Å². The molecule has 0 aromatic heterocycles. The summed E-state index contributed by atoms with van der Waals surface area (Å²) in [6, 6.07) is 10.6. The van der Waals surface area contributed by atoms with Gasteiger partial charge in [0.2, 0.25) is 0 Å². The Morgan fingerprint density at radius 3 is 2.50 bits per heavy atom. The Morgan fingerprint density at radius 2 is 1.75 bits per heavy atom. The predicted octanol–water partition coefficient (Wildman–Crippen LogP) is 1.71. The van der Waals surface area contributed by atoms with Crippen LogP contribution in [0.15, 0.2) is 30.3 Å². The molecule has 0 aliphatic carbocycles. The topological polar surface area (TPSA) is 43.8 Å². The van der Waals surface area contributed by atoms with E-state index < -0.39 is 5.97 Å². The average Bonchev–Trinajstić information content (AvgIpc) is 2.65. The normalized spacial score (nSPS) is 17.8. The van der Waals surface area contributed by atoms with Gasteiger partial charge in [0.05, 0.1) is 6.54 Å². The van der Waals surface area contributed by atoms with Crippen LogP contribution >= 0.6 is 0 Å². The second-order valence-electron chi connectivity index (χ2n) is 5.45. The van der Waals surface area contributed by atoms with Gasteiger partial charge in [-0.25, -0.2) is 0 Å². The third kappa shape index (κ3) is 5.31. The molecule has 1 aromatic rings. The van der Waals surface area contributed by atoms with E-state index in [9.17, 15) is 4.79 Å². The Labute approximate surface area is 121 Å². The molecule has 0 radical (unpaired) electrons. The van der Waals surface area contributed by atoms with Crippen molar-refractivity contribution < 1.29 is 9.90 Å². The highest BCUT2D eigenvalue weighted by atomic mass is 16.4. The van der Waals surface area contributed by atoms with E-state index in [1.165, 1.54) is 12.0 Å². The molecule has 1 aliphatic heterocycles. The molecule has 0 saturated carbocycles. The van der Waals surface area contributed by atoms with Gasteiger partial charge in [-0.15, -0.1) is 0 Å². The standard InChI is InChI=1S/C16H24N2O2/c19-16(20)14-18-11-5-10-17(12-13-18)9-4-8-15-6-2-1-3-7-15/h1-3,6-7H,4-5,8-14H2,(H,19,20). The van der Waals surface area contributed by atoms with Crippen molar-refractivity contribution in [3.05, 3.63) is 35.9 Å². The summed E-state index contributed by atoms with van der Waals surface area (Å²) in [6.45, 7) is 5.14. The van der Waals surface area contributed by atoms with Crippen LogP contribution in [0.25, 0.3) is 0 Å². The van der Waals surface area contributed by atoms with Crippen molar-refractivity contribution in [2.24, 2.45) is 0 Å². The molecular formula is C16H24N2O2. The number of rotatable bonds is 6. The Hall–Kier alpha value is -1.39. The molecule has 0 spiro atoms. The molecule has 1 heterocycles. The van der Waals surface area contributed by atoms with E-state index in [1.807, 2.05) is 4.90 Å². The van der Waals surface area contributed by atoms with Crippen LogP contribution in [0.5, 0.6) is 0 Å². The van der Waals surface area contributed by atoms with Crippen LogP contribution in [-0.4, -0.2) is 60.1 Å². The molecule has 0 bridgehead atoms. The van der Waals surface area contributed by atoms with Crippen LogP contribution in [-0.2, 0) is 11.2 Å². The summed E-state index contributed by atoms with van der Waals surface area (Å²) < 4.78 is 0. The summed E-state index contributed by atoms with van der Waals surface area (Å²) >= 11 is 0. The second-order valence-corrected chi connectivity index (χ2v) is 5.45. The van der Waals surface area contributed by atoms with Gasteiger partial charge in [0, 0.05) is 19.6 Å². The van der Waals surface area contributed by atoms with Gasteiger partial charge in [-0.2, -0.15) is 0 Å². The summed E-state index contributed by atoms with van der Waals surface area (Å²) in [7, 11) is 0. The quantitative estimate of drug-likeness (QED) is 0.859. The first-order valence-electron chi connectivity index (χ1n) is 7.44. The highest BCUT2D eigenvalue weighted by molar-refractivity contribution is 5.69. The van der Waals surface area contributed by atoms with E-state index in [0.29, 0.717) is 0 Å². The van der Waals surface area contributed by atoms with Gasteiger partial charge in [-0.05, 0) is 37.9 Å². The molecule has 20 heavy (non-hydrogen) atoms. The monoisotopic (exact) mass is 276 g/mol. The summed E-state index contributed by atoms with van der Waals surface area (Å²) in [5.74, 6) is -0.720. The zero-order valence-electron chi connectivity index (χ0n) is 12.0. The Bertz CT molecular complexity index is 408. The Morgan fingerprint density at radius 1 is 1.05 bits per heavy atom. The molecule has 4 heteroatoms. The van der Waals surface area contributed by atoms with Gasteiger partial charge in [-0.3, -0.25) is 9.69 Å². The van der Waals surface area contributed by atoms with Gasteiger partial charge in [0.1, 0.15) is 0 Å². The van der Waals surface area contributed by atoms with Gasteiger partial charge in [0.15, 0.2) is 0 Å². The fraction of sp³-hybridized carbons (Fsp3) is 0.562. The first kappa shape index (κ1) is 15.0. The summed E-state index contributed by atoms with van der Waals surface area (Å²) in [4.78, 5) is 15.2. The van der Waals surface area contributed by atoms with Crippen LogP contribution < -0.4 is 0 Å². The van der Waals surface area contributed by atoms with Crippen LogP contribution in [0.2, 0.25) is 0 Å². The molecule has 1 aliphatic rings. The predicted molar refractivity (Wildman–Crippen MR) is 79.9 cm³/mol. The number of benzene rings is 1. The molecule has 0 unspecified atom stereocenters. The molecule has 110 valence electrons. The SMILES string of the molecule is O=C(O)CN1CCCN(CCCc2ccccc2)CC1. The zero-order chi connectivity index (χ0) is 14.2. The molecule has 1 aromatic carbocycles. The Balaban J connectivity index is 1.68. The molecule has 4 nitrogen and oxygen atoms in total. The van der Waals surface area contributed by atoms with Crippen LogP contribution in [0.1, 0.15) is 18.4 Å². The van der Waals surface area contributed by atoms with Crippen molar-refractivity contribution in [1.82, 2.24) is 9.80 Å². The lowest BCUT2D eigenvalue weighted by molar-refractivity contribution is -0.138. The van der Waals surface area contributed by atoms with E-state index in [0.717, 1.165) is 45.6 Å².